The fourth-order valence-corrected chi connectivity index (χ4v) is 5.82. The molecular weight excluding hydrogens is 498 g/mol. The van der Waals surface area contributed by atoms with E-state index in [1.54, 1.807) is 19.1 Å². The van der Waals surface area contributed by atoms with Crippen LogP contribution in [0.2, 0.25) is 0 Å². The van der Waals surface area contributed by atoms with Gasteiger partial charge < -0.3 is 45.5 Å². The number of aromatic hydroxyl groups is 2. The Kier molecular flexibility index (Phi) is 6.49. The summed E-state index contributed by atoms with van der Waals surface area (Å²) in [5.74, 6) is -2.15. The molecule has 0 amide bonds. The number of aliphatic hydroxyl groups excluding tert-OH is 2. The fourth-order valence-electron chi connectivity index (χ4n) is 5.82. The Morgan fingerprint density at radius 2 is 1.87 bits per heavy atom. The van der Waals surface area contributed by atoms with E-state index in [0.29, 0.717) is 0 Å². The molecule has 2 aliphatic carbocycles. The van der Waals surface area contributed by atoms with Crippen LogP contribution in [0.25, 0.3) is 0 Å². The number of hydrogen-bond donors (Lipinski definition) is 6. The summed E-state index contributed by atoms with van der Waals surface area (Å²) in [6.45, 7) is 2.81. The molecule has 204 valence electrons. The smallest absolute Gasteiger partial charge is 0.201 e. The highest BCUT2D eigenvalue weighted by Crippen LogP contribution is 2.54. The molecular formula is C27H31NO10. The predicted molar refractivity (Wildman–Crippen MR) is 131 cm³/mol. The van der Waals surface area contributed by atoms with Gasteiger partial charge >= 0.3 is 0 Å². The maximum Gasteiger partial charge on any atom is 0.201 e. The van der Waals surface area contributed by atoms with E-state index in [9.17, 15) is 35.1 Å². The maximum absolute atomic E-state index is 13.7. The molecule has 38 heavy (non-hydrogen) atoms. The Morgan fingerprint density at radius 1 is 1.16 bits per heavy atom. The van der Waals surface area contributed by atoms with Gasteiger partial charge in [-0.1, -0.05) is 12.1 Å². The number of ketones is 2. The summed E-state index contributed by atoms with van der Waals surface area (Å²) in [6.07, 6.45) is -5.89. The van der Waals surface area contributed by atoms with Gasteiger partial charge in [0.05, 0.1) is 36.5 Å². The lowest BCUT2D eigenvalue weighted by Crippen LogP contribution is -2.52. The molecule has 1 aliphatic heterocycles. The Morgan fingerprint density at radius 3 is 2.50 bits per heavy atom. The van der Waals surface area contributed by atoms with E-state index in [2.05, 4.69) is 0 Å². The van der Waals surface area contributed by atoms with Crippen LogP contribution in [0.3, 0.4) is 0 Å². The van der Waals surface area contributed by atoms with Gasteiger partial charge in [0.15, 0.2) is 12.1 Å². The van der Waals surface area contributed by atoms with Crippen molar-refractivity contribution in [2.24, 2.45) is 5.73 Å². The Labute approximate surface area is 218 Å². The van der Waals surface area contributed by atoms with Crippen molar-refractivity contribution in [2.75, 3.05) is 7.11 Å². The highest BCUT2D eigenvalue weighted by molar-refractivity contribution is 6.16. The highest BCUT2D eigenvalue weighted by atomic mass is 16.7. The van der Waals surface area contributed by atoms with Gasteiger partial charge in [0.25, 0.3) is 0 Å². The number of aliphatic hydroxyl groups is 3. The topological polar surface area (TPSA) is 189 Å². The van der Waals surface area contributed by atoms with Crippen molar-refractivity contribution < 1.29 is 49.3 Å². The van der Waals surface area contributed by atoms with Crippen molar-refractivity contribution in [2.45, 2.75) is 75.5 Å². The Bertz CT molecular complexity index is 1310. The molecule has 0 bridgehead atoms. The number of benzene rings is 2. The quantitative estimate of drug-likeness (QED) is 0.308. The summed E-state index contributed by atoms with van der Waals surface area (Å²) in [4.78, 5) is 26.2. The van der Waals surface area contributed by atoms with Crippen molar-refractivity contribution in [3.05, 3.63) is 51.6 Å². The van der Waals surface area contributed by atoms with Crippen LogP contribution in [-0.4, -0.2) is 74.3 Å². The molecule has 2 aromatic carbocycles. The van der Waals surface area contributed by atoms with Crippen LogP contribution >= 0.6 is 0 Å². The van der Waals surface area contributed by atoms with E-state index < -0.39 is 65.4 Å². The summed E-state index contributed by atoms with van der Waals surface area (Å²) in [5, 5.41) is 55.5. The van der Waals surface area contributed by atoms with E-state index in [1.165, 1.54) is 20.1 Å². The van der Waals surface area contributed by atoms with Gasteiger partial charge in [-0.15, -0.1) is 0 Å². The maximum atomic E-state index is 13.7. The van der Waals surface area contributed by atoms with Gasteiger partial charge in [-0.3, -0.25) is 9.59 Å². The minimum atomic E-state index is -1.97. The van der Waals surface area contributed by atoms with E-state index in [4.69, 9.17) is 19.9 Å². The third kappa shape index (κ3) is 3.89. The fraction of sp³-hybridized carbons (Fsp3) is 0.481. The lowest BCUT2D eigenvalue weighted by atomic mass is 9.71. The molecule has 7 N–H and O–H groups in total. The summed E-state index contributed by atoms with van der Waals surface area (Å²) >= 11 is 0. The minimum absolute atomic E-state index is 0.00187. The average Bonchev–Trinajstić information content (AvgIpc) is 2.87. The lowest BCUT2D eigenvalue weighted by molar-refractivity contribution is -0.247. The molecule has 2 aromatic rings. The van der Waals surface area contributed by atoms with E-state index in [1.807, 2.05) is 0 Å². The summed E-state index contributed by atoms with van der Waals surface area (Å²) in [7, 11) is 1.37. The van der Waals surface area contributed by atoms with Crippen molar-refractivity contribution in [3.8, 4) is 17.2 Å². The number of Topliss-reactive ketones (excluding diaryl/α,β-unsaturated/α-hetero) is 1. The summed E-state index contributed by atoms with van der Waals surface area (Å²) in [5.41, 5.74) is 3.70. The zero-order chi connectivity index (χ0) is 27.7. The predicted octanol–water partition coefficient (Wildman–Crippen LogP) is 0.880. The van der Waals surface area contributed by atoms with Crippen molar-refractivity contribution >= 4 is 11.6 Å². The Balaban J connectivity index is 1.68. The second kappa shape index (κ2) is 9.30. The minimum Gasteiger partial charge on any atom is -0.507 e. The molecule has 1 saturated heterocycles. The average molecular weight is 530 g/mol. The van der Waals surface area contributed by atoms with Gasteiger partial charge in [0.1, 0.15) is 29.0 Å². The molecule has 0 spiro atoms. The molecule has 3 aliphatic rings. The number of hydrogen-bond acceptors (Lipinski definition) is 11. The second-order valence-corrected chi connectivity index (χ2v) is 10.3. The monoisotopic (exact) mass is 529 g/mol. The summed E-state index contributed by atoms with van der Waals surface area (Å²) in [6, 6.07) is 3.96. The summed E-state index contributed by atoms with van der Waals surface area (Å²) < 4.78 is 17.1. The zero-order valence-corrected chi connectivity index (χ0v) is 21.2. The van der Waals surface area contributed by atoms with E-state index in [-0.39, 0.29) is 58.4 Å². The van der Waals surface area contributed by atoms with Crippen LogP contribution in [0.1, 0.15) is 77.1 Å². The van der Waals surface area contributed by atoms with Gasteiger partial charge in [-0.25, -0.2) is 0 Å². The van der Waals surface area contributed by atoms with Crippen LogP contribution in [0.4, 0.5) is 0 Å². The molecule has 1 unspecified atom stereocenters. The Hall–Kier alpha value is -3.06. The zero-order valence-electron chi connectivity index (χ0n) is 21.2. The van der Waals surface area contributed by atoms with Crippen molar-refractivity contribution in [1.29, 1.82) is 0 Å². The first kappa shape index (κ1) is 26.5. The van der Waals surface area contributed by atoms with Gasteiger partial charge in [-0.05, 0) is 19.9 Å². The number of carbonyl (C=O) groups is 2. The van der Waals surface area contributed by atoms with Crippen molar-refractivity contribution in [1.82, 2.24) is 0 Å². The van der Waals surface area contributed by atoms with Gasteiger partial charge in [0, 0.05) is 47.6 Å². The van der Waals surface area contributed by atoms with E-state index >= 15 is 0 Å². The lowest BCUT2D eigenvalue weighted by Gasteiger charge is -2.42. The molecule has 1 heterocycles. The first-order chi connectivity index (χ1) is 17.9. The number of carbonyl (C=O) groups excluding carboxylic acids is 2. The van der Waals surface area contributed by atoms with Crippen LogP contribution in [0.15, 0.2) is 18.2 Å². The molecule has 7 atom stereocenters. The number of fused-ring (bicyclic) bond motifs is 3. The number of rotatable bonds is 4. The number of phenolic OH excluding ortho intramolecular Hbond substituents is 2. The van der Waals surface area contributed by atoms with Gasteiger partial charge in [0.2, 0.25) is 5.78 Å². The first-order valence-corrected chi connectivity index (χ1v) is 12.4. The van der Waals surface area contributed by atoms with Crippen LogP contribution in [0, 0.1) is 0 Å². The SMILES string of the molecule is COc1cccc2c1C(=O)c1c(O)c3c(c(O)c1C2O)C[C@@](O)(C(C)=O)C[C@@H]3O[C@H]1C[C@H](N)[C@H](O)[C@H](C)O1. The number of nitrogens with two attached hydrogens (primary N) is 1. The third-order valence-corrected chi connectivity index (χ3v) is 7.96. The number of phenols is 2. The van der Waals surface area contributed by atoms with Crippen LogP contribution in [-0.2, 0) is 20.7 Å². The molecule has 5 rings (SSSR count). The number of methoxy groups -OCH3 is 1. The first-order valence-electron chi connectivity index (χ1n) is 12.4. The highest BCUT2D eigenvalue weighted by Gasteiger charge is 2.49. The second-order valence-electron chi connectivity index (χ2n) is 10.3. The third-order valence-electron chi connectivity index (χ3n) is 7.96. The molecule has 0 saturated carbocycles. The van der Waals surface area contributed by atoms with Crippen LogP contribution in [0.5, 0.6) is 17.2 Å². The normalized spacial score (nSPS) is 32.2. The largest absolute Gasteiger partial charge is 0.507 e. The molecule has 1 fully saturated rings. The van der Waals surface area contributed by atoms with Crippen LogP contribution < -0.4 is 10.5 Å². The molecule has 0 radical (unpaired) electrons. The molecule has 11 nitrogen and oxygen atoms in total. The van der Waals surface area contributed by atoms with Gasteiger partial charge in [-0.2, -0.15) is 0 Å². The standard InChI is InChI=1S/C27H31NO10/c1-10-22(30)14(28)7-17(37-10)38-16-9-27(35,11(2)29)8-13-19(16)26(34)21-20(24(13)32)23(31)12-5-4-6-15(36-3)18(12)25(21)33/h4-6,10,14,16-17,22-23,30-32,34-35H,7-9,28H2,1-3H3/t10-,14-,16-,17-,22+,23?,27-/m0/s1. The molecule has 0 aromatic heterocycles. The molecule has 11 heteroatoms. The van der Waals surface area contributed by atoms with Crippen molar-refractivity contribution in [3.63, 3.8) is 0 Å². The van der Waals surface area contributed by atoms with E-state index in [0.717, 1.165) is 0 Å². The number of ether oxygens (including phenoxy) is 3.